The highest BCUT2D eigenvalue weighted by atomic mass is 16.4. The molecule has 1 saturated carbocycles. The summed E-state index contributed by atoms with van der Waals surface area (Å²) in [6.45, 7) is 0. The van der Waals surface area contributed by atoms with E-state index in [2.05, 4.69) is 10.5 Å². The Balaban J connectivity index is 2.15. The zero-order valence-electron chi connectivity index (χ0n) is 11.8. The Hall–Kier alpha value is -2.08. The minimum absolute atomic E-state index is 0.163. The van der Waals surface area contributed by atoms with Gasteiger partial charge in [-0.1, -0.05) is 48.3 Å². The van der Waals surface area contributed by atoms with Crippen molar-refractivity contribution in [2.75, 3.05) is 0 Å². The number of nitrogens with zero attached hydrogens (tertiary/aromatic N) is 1. The van der Waals surface area contributed by atoms with E-state index in [0.717, 1.165) is 19.3 Å². The van der Waals surface area contributed by atoms with Crippen LogP contribution in [-0.2, 0) is 4.79 Å². The van der Waals surface area contributed by atoms with Crippen molar-refractivity contribution in [3.05, 3.63) is 35.9 Å². The van der Waals surface area contributed by atoms with E-state index in [1.165, 1.54) is 0 Å². The molecule has 0 radical (unpaired) electrons. The third kappa shape index (κ3) is 3.72. The second-order valence-corrected chi connectivity index (χ2v) is 5.34. The molecule has 1 aromatic rings. The average Bonchev–Trinajstić information content (AvgIpc) is 2.50. The Bertz CT molecular complexity index is 504. The number of carbonyl (C=O) groups excluding carboxylic acids is 1. The lowest BCUT2D eigenvalue weighted by Gasteiger charge is -2.29. The molecule has 1 aromatic carbocycles. The predicted octanol–water partition coefficient (Wildman–Crippen LogP) is 0.936. The summed E-state index contributed by atoms with van der Waals surface area (Å²) in [4.78, 5) is 12.5. The van der Waals surface area contributed by atoms with Gasteiger partial charge in [0.2, 0.25) is 5.91 Å². The molecule has 3 unspecified atom stereocenters. The smallest absolute Gasteiger partial charge is 0.235 e. The number of carbonyl (C=O) groups is 1. The highest BCUT2D eigenvalue weighted by Crippen LogP contribution is 2.21. The van der Waals surface area contributed by atoms with Gasteiger partial charge in [-0.2, -0.15) is 0 Å². The van der Waals surface area contributed by atoms with Crippen LogP contribution in [0.15, 0.2) is 35.5 Å². The van der Waals surface area contributed by atoms with Gasteiger partial charge in [-0.3, -0.25) is 4.79 Å². The van der Waals surface area contributed by atoms with E-state index >= 15 is 0 Å². The summed E-state index contributed by atoms with van der Waals surface area (Å²) in [7, 11) is 0. The summed E-state index contributed by atoms with van der Waals surface area (Å²) in [6, 6.07) is 8.63. The van der Waals surface area contributed by atoms with Crippen molar-refractivity contribution in [1.82, 2.24) is 5.32 Å². The Labute approximate surface area is 123 Å². The van der Waals surface area contributed by atoms with Crippen LogP contribution in [0.4, 0.5) is 0 Å². The summed E-state index contributed by atoms with van der Waals surface area (Å²) in [5.74, 6) is -1.38. The molecule has 6 nitrogen and oxygen atoms in total. The molecule has 21 heavy (non-hydrogen) atoms. The fourth-order valence-electron chi connectivity index (χ4n) is 2.71. The normalized spacial score (nSPS) is 24.3. The Morgan fingerprint density at radius 3 is 2.57 bits per heavy atom. The van der Waals surface area contributed by atoms with Crippen LogP contribution >= 0.6 is 0 Å². The molecule has 5 N–H and O–H groups in total. The number of nitrogens with one attached hydrogen (secondary N) is 1. The van der Waals surface area contributed by atoms with Crippen molar-refractivity contribution in [2.24, 2.45) is 10.9 Å². The van der Waals surface area contributed by atoms with Gasteiger partial charge in [-0.15, -0.1) is 0 Å². The molecule has 0 heterocycles. The largest absolute Gasteiger partial charge is 0.409 e. The number of rotatable bonds is 4. The number of amides is 1. The molecule has 1 aliphatic rings. The number of benzene rings is 1. The first-order valence-electron chi connectivity index (χ1n) is 7.14. The van der Waals surface area contributed by atoms with Crippen LogP contribution < -0.4 is 11.1 Å². The number of hydrogen-bond donors (Lipinski definition) is 4. The Kier molecular flexibility index (Phi) is 5.16. The van der Waals surface area contributed by atoms with E-state index in [9.17, 15) is 9.90 Å². The van der Waals surface area contributed by atoms with Crippen LogP contribution in [0, 0.1) is 0 Å². The lowest BCUT2D eigenvalue weighted by atomic mass is 9.91. The van der Waals surface area contributed by atoms with E-state index < -0.39 is 12.0 Å². The zero-order valence-corrected chi connectivity index (χ0v) is 11.8. The SMILES string of the molecule is NC(=NO)C(C(=O)NC1CCCCC1O)c1ccccc1. The number of nitrogens with two attached hydrogens (primary N) is 1. The first kappa shape index (κ1) is 15.3. The molecule has 0 spiro atoms. The maximum atomic E-state index is 12.5. The topological polar surface area (TPSA) is 108 Å². The van der Waals surface area contributed by atoms with Gasteiger partial charge in [0.05, 0.1) is 12.1 Å². The first-order chi connectivity index (χ1) is 10.1. The van der Waals surface area contributed by atoms with E-state index in [-0.39, 0.29) is 17.8 Å². The third-order valence-electron chi connectivity index (χ3n) is 3.86. The highest BCUT2D eigenvalue weighted by molar-refractivity contribution is 6.07. The van der Waals surface area contributed by atoms with Gasteiger partial charge in [-0.05, 0) is 18.4 Å². The Morgan fingerprint density at radius 2 is 1.95 bits per heavy atom. The van der Waals surface area contributed by atoms with Gasteiger partial charge in [0.15, 0.2) is 5.84 Å². The van der Waals surface area contributed by atoms with Crippen molar-refractivity contribution in [1.29, 1.82) is 0 Å². The van der Waals surface area contributed by atoms with Gasteiger partial charge in [-0.25, -0.2) is 0 Å². The van der Waals surface area contributed by atoms with Crippen LogP contribution in [0.25, 0.3) is 0 Å². The summed E-state index contributed by atoms with van der Waals surface area (Å²) in [5.41, 5.74) is 6.32. The van der Waals surface area contributed by atoms with Crippen molar-refractivity contribution in [2.45, 2.75) is 43.7 Å². The quantitative estimate of drug-likeness (QED) is 0.286. The second-order valence-electron chi connectivity index (χ2n) is 5.34. The highest BCUT2D eigenvalue weighted by Gasteiger charge is 2.30. The molecule has 0 aliphatic heterocycles. The summed E-state index contributed by atoms with van der Waals surface area (Å²) in [6.07, 6.45) is 2.83. The monoisotopic (exact) mass is 291 g/mol. The number of aliphatic hydroxyl groups excluding tert-OH is 1. The van der Waals surface area contributed by atoms with Crippen molar-refractivity contribution in [3.63, 3.8) is 0 Å². The third-order valence-corrected chi connectivity index (χ3v) is 3.86. The van der Waals surface area contributed by atoms with Gasteiger partial charge in [0, 0.05) is 0 Å². The number of oxime groups is 1. The minimum Gasteiger partial charge on any atom is -0.409 e. The number of aliphatic hydroxyl groups is 1. The van der Waals surface area contributed by atoms with Crippen LogP contribution in [0.3, 0.4) is 0 Å². The molecule has 0 bridgehead atoms. The molecule has 0 aromatic heterocycles. The average molecular weight is 291 g/mol. The fraction of sp³-hybridized carbons (Fsp3) is 0.467. The minimum atomic E-state index is -0.856. The van der Waals surface area contributed by atoms with Crippen molar-refractivity contribution >= 4 is 11.7 Å². The number of amidine groups is 1. The molecule has 1 amide bonds. The zero-order chi connectivity index (χ0) is 15.2. The molecule has 0 saturated heterocycles. The molecule has 3 atom stereocenters. The van der Waals surface area contributed by atoms with Crippen LogP contribution in [-0.4, -0.2) is 34.2 Å². The summed E-state index contributed by atoms with van der Waals surface area (Å²) >= 11 is 0. The summed E-state index contributed by atoms with van der Waals surface area (Å²) < 4.78 is 0. The molecule has 114 valence electrons. The van der Waals surface area contributed by atoms with Crippen LogP contribution in [0.5, 0.6) is 0 Å². The first-order valence-corrected chi connectivity index (χ1v) is 7.14. The van der Waals surface area contributed by atoms with Crippen LogP contribution in [0.2, 0.25) is 0 Å². The maximum Gasteiger partial charge on any atom is 0.235 e. The molecule has 1 fully saturated rings. The molecular formula is C15H21N3O3. The second kappa shape index (κ2) is 7.08. The fourth-order valence-corrected chi connectivity index (χ4v) is 2.71. The van der Waals surface area contributed by atoms with Crippen molar-refractivity contribution in [3.8, 4) is 0 Å². The van der Waals surface area contributed by atoms with E-state index in [0.29, 0.717) is 12.0 Å². The standard InChI is InChI=1S/C15H21N3O3/c16-14(18-21)13(10-6-2-1-3-7-10)15(20)17-11-8-4-5-9-12(11)19/h1-3,6-7,11-13,19,21H,4-5,8-9H2,(H2,16,18)(H,17,20). The number of hydrogen-bond acceptors (Lipinski definition) is 4. The molecule has 2 rings (SSSR count). The van der Waals surface area contributed by atoms with Crippen LogP contribution in [0.1, 0.15) is 37.2 Å². The van der Waals surface area contributed by atoms with E-state index in [1.807, 2.05) is 6.07 Å². The van der Waals surface area contributed by atoms with Gasteiger partial charge in [0.25, 0.3) is 0 Å². The molecule has 6 heteroatoms. The lowest BCUT2D eigenvalue weighted by molar-refractivity contribution is -0.123. The molecular weight excluding hydrogens is 270 g/mol. The van der Waals surface area contributed by atoms with Gasteiger partial charge >= 0.3 is 0 Å². The van der Waals surface area contributed by atoms with Gasteiger partial charge < -0.3 is 21.4 Å². The van der Waals surface area contributed by atoms with E-state index in [1.54, 1.807) is 24.3 Å². The molecule has 1 aliphatic carbocycles. The summed E-state index contributed by atoms with van der Waals surface area (Å²) in [5, 5.41) is 24.6. The Morgan fingerprint density at radius 1 is 1.29 bits per heavy atom. The lowest BCUT2D eigenvalue weighted by Crippen LogP contribution is -2.48. The predicted molar refractivity (Wildman–Crippen MR) is 79.0 cm³/mol. The van der Waals surface area contributed by atoms with Crippen molar-refractivity contribution < 1.29 is 15.1 Å². The van der Waals surface area contributed by atoms with E-state index in [4.69, 9.17) is 10.9 Å². The van der Waals surface area contributed by atoms with Gasteiger partial charge in [0.1, 0.15) is 5.92 Å². The maximum absolute atomic E-state index is 12.5.